The van der Waals surface area contributed by atoms with Crippen LogP contribution in [0.2, 0.25) is 0 Å². The molecule has 1 aromatic carbocycles. The summed E-state index contributed by atoms with van der Waals surface area (Å²) in [6.07, 6.45) is 1.56. The molecule has 19 heavy (non-hydrogen) atoms. The molecule has 0 aliphatic heterocycles. The summed E-state index contributed by atoms with van der Waals surface area (Å²) >= 11 is 0. The maximum absolute atomic E-state index is 9.19. The van der Waals surface area contributed by atoms with Gasteiger partial charge in [0.05, 0.1) is 14.2 Å². The fourth-order valence-corrected chi connectivity index (χ4v) is 1.84. The first kappa shape index (κ1) is 12.7. The standard InChI is InChI=1S/C14H13N3O2/c1-18-9-3-4-11(13(7-9)19-2)10-5-6-17-14(16)12(10)8-15/h3-7H,1-2H3,(H2,16,17). The molecule has 0 aliphatic rings. The monoisotopic (exact) mass is 255 g/mol. The van der Waals surface area contributed by atoms with E-state index in [9.17, 15) is 5.26 Å². The largest absolute Gasteiger partial charge is 0.497 e. The molecule has 0 fully saturated rings. The van der Waals surface area contributed by atoms with Gasteiger partial charge in [-0.2, -0.15) is 5.26 Å². The van der Waals surface area contributed by atoms with Crippen molar-refractivity contribution in [3.8, 4) is 28.7 Å². The van der Waals surface area contributed by atoms with Crippen molar-refractivity contribution in [1.82, 2.24) is 4.98 Å². The second kappa shape index (κ2) is 5.27. The SMILES string of the molecule is COc1ccc(-c2ccnc(N)c2C#N)c(OC)c1. The summed E-state index contributed by atoms with van der Waals surface area (Å²) in [5.41, 5.74) is 7.52. The highest BCUT2D eigenvalue weighted by atomic mass is 16.5. The zero-order chi connectivity index (χ0) is 13.8. The molecule has 2 rings (SSSR count). The number of nitriles is 1. The maximum atomic E-state index is 9.19. The van der Waals surface area contributed by atoms with Crippen molar-refractivity contribution in [3.63, 3.8) is 0 Å². The molecule has 1 heterocycles. The van der Waals surface area contributed by atoms with Gasteiger partial charge in [-0.1, -0.05) is 0 Å². The van der Waals surface area contributed by atoms with Gasteiger partial charge in [-0.3, -0.25) is 0 Å². The molecule has 0 spiro atoms. The predicted molar refractivity (Wildman–Crippen MR) is 71.9 cm³/mol. The molecule has 0 bridgehead atoms. The van der Waals surface area contributed by atoms with Crippen molar-refractivity contribution < 1.29 is 9.47 Å². The lowest BCUT2D eigenvalue weighted by Crippen LogP contribution is -1.98. The van der Waals surface area contributed by atoms with E-state index in [0.29, 0.717) is 22.6 Å². The molecule has 0 unspecified atom stereocenters. The van der Waals surface area contributed by atoms with Crippen molar-refractivity contribution in [2.45, 2.75) is 0 Å². The van der Waals surface area contributed by atoms with E-state index in [4.69, 9.17) is 15.2 Å². The quantitative estimate of drug-likeness (QED) is 0.909. The van der Waals surface area contributed by atoms with E-state index in [0.717, 1.165) is 5.56 Å². The average Bonchev–Trinajstić information content (AvgIpc) is 2.46. The van der Waals surface area contributed by atoms with Crippen molar-refractivity contribution >= 4 is 5.82 Å². The number of hydrogen-bond donors (Lipinski definition) is 1. The normalized spacial score (nSPS) is 9.74. The van der Waals surface area contributed by atoms with Gasteiger partial charge in [-0.15, -0.1) is 0 Å². The summed E-state index contributed by atoms with van der Waals surface area (Å²) in [5.74, 6) is 1.50. The molecule has 0 aliphatic carbocycles. The van der Waals surface area contributed by atoms with E-state index < -0.39 is 0 Å². The Morgan fingerprint density at radius 2 is 1.95 bits per heavy atom. The van der Waals surface area contributed by atoms with E-state index in [1.54, 1.807) is 38.6 Å². The summed E-state index contributed by atoms with van der Waals surface area (Å²) in [6.45, 7) is 0. The zero-order valence-corrected chi connectivity index (χ0v) is 10.7. The number of anilines is 1. The molecule has 5 heteroatoms. The molecule has 0 saturated heterocycles. The van der Waals surface area contributed by atoms with Gasteiger partial charge in [0.2, 0.25) is 0 Å². The van der Waals surface area contributed by atoms with Gasteiger partial charge in [0.15, 0.2) is 0 Å². The zero-order valence-electron chi connectivity index (χ0n) is 10.7. The van der Waals surface area contributed by atoms with Crippen molar-refractivity contribution in [2.75, 3.05) is 20.0 Å². The number of nitrogens with two attached hydrogens (primary N) is 1. The van der Waals surface area contributed by atoms with Gasteiger partial charge >= 0.3 is 0 Å². The molecule has 2 N–H and O–H groups in total. The van der Waals surface area contributed by atoms with Crippen molar-refractivity contribution in [3.05, 3.63) is 36.0 Å². The van der Waals surface area contributed by atoms with Crippen LogP contribution in [0.5, 0.6) is 11.5 Å². The third kappa shape index (κ3) is 2.29. The Morgan fingerprint density at radius 3 is 2.58 bits per heavy atom. The third-order valence-electron chi connectivity index (χ3n) is 2.79. The third-order valence-corrected chi connectivity index (χ3v) is 2.79. The van der Waals surface area contributed by atoms with Crippen LogP contribution in [0.25, 0.3) is 11.1 Å². The number of ether oxygens (including phenoxy) is 2. The molecular formula is C14H13N3O2. The summed E-state index contributed by atoms with van der Waals surface area (Å²) in [4.78, 5) is 3.92. The van der Waals surface area contributed by atoms with E-state index in [2.05, 4.69) is 11.1 Å². The predicted octanol–water partition coefficient (Wildman–Crippen LogP) is 2.22. The van der Waals surface area contributed by atoms with Crippen molar-refractivity contribution in [2.24, 2.45) is 0 Å². The second-order valence-corrected chi connectivity index (χ2v) is 3.80. The first-order chi connectivity index (χ1) is 9.21. The lowest BCUT2D eigenvalue weighted by atomic mass is 10.0. The highest BCUT2D eigenvalue weighted by Gasteiger charge is 2.13. The smallest absolute Gasteiger partial charge is 0.141 e. The molecule has 2 aromatic rings. The summed E-state index contributed by atoms with van der Waals surface area (Å²) < 4.78 is 10.5. The van der Waals surface area contributed by atoms with Crippen LogP contribution in [0.1, 0.15) is 5.56 Å². The summed E-state index contributed by atoms with van der Waals surface area (Å²) in [5, 5.41) is 9.19. The van der Waals surface area contributed by atoms with Crippen LogP contribution in [-0.4, -0.2) is 19.2 Å². The van der Waals surface area contributed by atoms with E-state index >= 15 is 0 Å². The van der Waals surface area contributed by atoms with Crippen LogP contribution in [0.4, 0.5) is 5.82 Å². The average molecular weight is 255 g/mol. The summed E-state index contributed by atoms with van der Waals surface area (Å²) in [7, 11) is 3.15. The molecule has 0 atom stereocenters. The van der Waals surface area contributed by atoms with E-state index in [1.807, 2.05) is 6.07 Å². The summed E-state index contributed by atoms with van der Waals surface area (Å²) in [6, 6.07) is 9.19. The fraction of sp³-hybridized carbons (Fsp3) is 0.143. The molecule has 0 saturated carbocycles. The molecule has 0 amide bonds. The number of hydrogen-bond acceptors (Lipinski definition) is 5. The van der Waals surface area contributed by atoms with Gasteiger partial charge in [0.25, 0.3) is 0 Å². The fourth-order valence-electron chi connectivity index (χ4n) is 1.84. The Morgan fingerprint density at radius 1 is 1.16 bits per heavy atom. The van der Waals surface area contributed by atoms with Gasteiger partial charge in [0.1, 0.15) is 28.9 Å². The van der Waals surface area contributed by atoms with E-state index in [1.165, 1.54) is 0 Å². The first-order valence-corrected chi connectivity index (χ1v) is 5.58. The topological polar surface area (TPSA) is 81.2 Å². The molecular weight excluding hydrogens is 242 g/mol. The first-order valence-electron chi connectivity index (χ1n) is 5.58. The van der Waals surface area contributed by atoms with Crippen LogP contribution in [0.15, 0.2) is 30.5 Å². The number of nitrogen functional groups attached to an aromatic ring is 1. The number of benzene rings is 1. The highest BCUT2D eigenvalue weighted by molar-refractivity contribution is 5.79. The second-order valence-electron chi connectivity index (χ2n) is 3.80. The number of pyridine rings is 1. The highest BCUT2D eigenvalue weighted by Crippen LogP contribution is 2.35. The molecule has 5 nitrogen and oxygen atoms in total. The Bertz CT molecular complexity index is 648. The van der Waals surface area contributed by atoms with Crippen LogP contribution in [0.3, 0.4) is 0 Å². The minimum Gasteiger partial charge on any atom is -0.497 e. The van der Waals surface area contributed by atoms with Crippen LogP contribution in [-0.2, 0) is 0 Å². The Balaban J connectivity index is 2.66. The van der Waals surface area contributed by atoms with Gasteiger partial charge in [0, 0.05) is 23.4 Å². The Labute approximate surface area is 111 Å². The maximum Gasteiger partial charge on any atom is 0.141 e. The number of rotatable bonds is 3. The minimum absolute atomic E-state index is 0.206. The number of aromatic nitrogens is 1. The molecule has 96 valence electrons. The van der Waals surface area contributed by atoms with Crippen LogP contribution >= 0.6 is 0 Å². The van der Waals surface area contributed by atoms with Crippen LogP contribution < -0.4 is 15.2 Å². The minimum atomic E-state index is 0.206. The Kier molecular flexibility index (Phi) is 3.53. The number of methoxy groups -OCH3 is 2. The van der Waals surface area contributed by atoms with Gasteiger partial charge in [-0.25, -0.2) is 4.98 Å². The van der Waals surface area contributed by atoms with Crippen molar-refractivity contribution in [1.29, 1.82) is 5.26 Å². The van der Waals surface area contributed by atoms with Crippen LogP contribution in [0, 0.1) is 11.3 Å². The number of nitrogens with zero attached hydrogens (tertiary/aromatic N) is 2. The lowest BCUT2D eigenvalue weighted by molar-refractivity contribution is 0.395. The Hall–Kier alpha value is -2.74. The molecule has 0 radical (unpaired) electrons. The van der Waals surface area contributed by atoms with Gasteiger partial charge in [-0.05, 0) is 18.2 Å². The molecule has 1 aromatic heterocycles. The lowest BCUT2D eigenvalue weighted by Gasteiger charge is -2.12. The van der Waals surface area contributed by atoms with Gasteiger partial charge < -0.3 is 15.2 Å². The van der Waals surface area contributed by atoms with E-state index in [-0.39, 0.29) is 5.82 Å².